The summed E-state index contributed by atoms with van der Waals surface area (Å²) in [5, 5.41) is 10.5. The minimum Gasteiger partial charge on any atom is -0.352 e. The minimum absolute atomic E-state index is 0.119. The van der Waals surface area contributed by atoms with Gasteiger partial charge in [0.1, 0.15) is 17.5 Å². The van der Waals surface area contributed by atoms with Gasteiger partial charge in [-0.15, -0.1) is 10.2 Å². The van der Waals surface area contributed by atoms with Gasteiger partial charge in [-0.2, -0.15) is 13.2 Å². The molecule has 186 valence electrons. The van der Waals surface area contributed by atoms with Crippen LogP contribution in [0.4, 0.5) is 22.0 Å². The van der Waals surface area contributed by atoms with Gasteiger partial charge in [-0.3, -0.25) is 14.0 Å². The normalized spacial score (nSPS) is 16.5. The van der Waals surface area contributed by atoms with E-state index in [4.69, 9.17) is 0 Å². The number of amides is 2. The van der Waals surface area contributed by atoms with Gasteiger partial charge in [-0.25, -0.2) is 8.78 Å². The number of benzene rings is 1. The number of fused-ring (bicyclic) bond motifs is 1. The zero-order valence-corrected chi connectivity index (χ0v) is 18.5. The number of piperidine rings is 1. The zero-order valence-electron chi connectivity index (χ0n) is 18.5. The molecule has 1 unspecified atom stereocenters. The molecule has 35 heavy (non-hydrogen) atoms. The summed E-state index contributed by atoms with van der Waals surface area (Å²) < 4.78 is 67.4. The molecule has 2 amide bonds. The van der Waals surface area contributed by atoms with Gasteiger partial charge in [0.15, 0.2) is 5.65 Å². The van der Waals surface area contributed by atoms with Crippen molar-refractivity contribution in [2.75, 3.05) is 19.6 Å². The first-order valence-corrected chi connectivity index (χ1v) is 11.1. The van der Waals surface area contributed by atoms with E-state index in [9.17, 15) is 31.5 Å². The Morgan fingerprint density at radius 3 is 2.66 bits per heavy atom. The average molecular weight is 495 g/mol. The number of rotatable bonds is 6. The summed E-state index contributed by atoms with van der Waals surface area (Å²) in [5.41, 5.74) is -0.798. The zero-order chi connectivity index (χ0) is 25.2. The molecule has 1 N–H and O–H groups in total. The van der Waals surface area contributed by atoms with Crippen LogP contribution in [0.5, 0.6) is 0 Å². The predicted molar refractivity (Wildman–Crippen MR) is 114 cm³/mol. The molecule has 1 aromatic carbocycles. The van der Waals surface area contributed by atoms with E-state index in [1.54, 1.807) is 4.90 Å². The molecule has 7 nitrogen and oxygen atoms in total. The second-order valence-corrected chi connectivity index (χ2v) is 8.36. The first-order chi connectivity index (χ1) is 16.6. The lowest BCUT2D eigenvalue weighted by Gasteiger charge is -2.32. The van der Waals surface area contributed by atoms with Crippen molar-refractivity contribution >= 4 is 17.5 Å². The summed E-state index contributed by atoms with van der Waals surface area (Å²) in [4.78, 5) is 26.4. The largest absolute Gasteiger partial charge is 0.417 e. The molecule has 12 heteroatoms. The van der Waals surface area contributed by atoms with Crippen LogP contribution in [0.3, 0.4) is 0 Å². The molecule has 3 heterocycles. The second kappa shape index (κ2) is 9.96. The lowest BCUT2D eigenvalue weighted by molar-refractivity contribution is -0.137. The molecule has 2 aromatic heterocycles. The van der Waals surface area contributed by atoms with Crippen molar-refractivity contribution in [2.45, 2.75) is 37.8 Å². The maximum atomic E-state index is 13.7. The highest BCUT2D eigenvalue weighted by molar-refractivity contribution is 5.94. The molecule has 0 aliphatic carbocycles. The van der Waals surface area contributed by atoms with Crippen molar-refractivity contribution < 1.29 is 31.5 Å². The van der Waals surface area contributed by atoms with E-state index in [-0.39, 0.29) is 30.4 Å². The summed E-state index contributed by atoms with van der Waals surface area (Å²) in [5.74, 6) is -2.53. The maximum Gasteiger partial charge on any atom is 0.417 e. The van der Waals surface area contributed by atoms with Gasteiger partial charge in [-0.1, -0.05) is 0 Å². The number of halogens is 5. The highest BCUT2D eigenvalue weighted by Gasteiger charge is 2.32. The van der Waals surface area contributed by atoms with Crippen molar-refractivity contribution in [3.63, 3.8) is 0 Å². The Labute approximate surface area is 196 Å². The van der Waals surface area contributed by atoms with Crippen molar-refractivity contribution in [3.05, 3.63) is 65.1 Å². The Morgan fingerprint density at radius 2 is 1.91 bits per heavy atom. The molecule has 3 aromatic rings. The van der Waals surface area contributed by atoms with Gasteiger partial charge in [0.05, 0.1) is 11.1 Å². The summed E-state index contributed by atoms with van der Waals surface area (Å²) in [6.45, 7) is 0.920. The Balaban J connectivity index is 1.33. The monoisotopic (exact) mass is 495 g/mol. The number of carbonyl (C=O) groups is 2. The molecule has 4 rings (SSSR count). The van der Waals surface area contributed by atoms with Gasteiger partial charge >= 0.3 is 6.18 Å². The molecule has 1 saturated heterocycles. The molecule has 0 spiro atoms. The summed E-state index contributed by atoms with van der Waals surface area (Å²) in [6.07, 6.45) is -1.79. The third-order valence-electron chi connectivity index (χ3n) is 5.92. The van der Waals surface area contributed by atoms with Crippen LogP contribution in [0.1, 0.15) is 53.3 Å². The summed E-state index contributed by atoms with van der Waals surface area (Å²) in [6, 6.07) is 4.86. The molecular formula is C23H22F5N5O2. The first-order valence-electron chi connectivity index (χ1n) is 11.1. The third-order valence-corrected chi connectivity index (χ3v) is 5.92. The number of hydrogen-bond donors (Lipinski definition) is 1. The van der Waals surface area contributed by atoms with E-state index < -0.39 is 29.3 Å². The predicted octanol–water partition coefficient (Wildman–Crippen LogP) is 3.94. The van der Waals surface area contributed by atoms with E-state index in [0.29, 0.717) is 49.9 Å². The number of likely N-dealkylation sites (tertiary alicyclic amines) is 1. The standard InChI is InChI=1S/C23H22F5N5O2/c24-16-6-7-17(18(25)11-16)22(35)29-9-1-4-20(34)32-10-2-3-14(12-32)21-31-30-19-8-5-15(13-33(19)21)23(26,27)28/h5-8,11,13-14H,1-4,9-10,12H2,(H,29,35). The van der Waals surface area contributed by atoms with Gasteiger partial charge in [0.25, 0.3) is 5.91 Å². The van der Waals surface area contributed by atoms with E-state index in [2.05, 4.69) is 15.5 Å². The van der Waals surface area contributed by atoms with Crippen LogP contribution in [0, 0.1) is 11.6 Å². The average Bonchev–Trinajstić information content (AvgIpc) is 3.24. The molecule has 1 fully saturated rings. The van der Waals surface area contributed by atoms with Crippen molar-refractivity contribution in [1.82, 2.24) is 24.8 Å². The molecular weight excluding hydrogens is 473 g/mol. The molecule has 0 bridgehead atoms. The Hall–Kier alpha value is -3.57. The van der Waals surface area contributed by atoms with E-state index in [1.165, 1.54) is 10.5 Å². The summed E-state index contributed by atoms with van der Waals surface area (Å²) >= 11 is 0. The van der Waals surface area contributed by atoms with E-state index >= 15 is 0 Å². The lowest BCUT2D eigenvalue weighted by atomic mass is 9.96. The fourth-order valence-electron chi connectivity index (χ4n) is 4.14. The number of nitrogens with one attached hydrogen (secondary N) is 1. The quantitative estimate of drug-likeness (QED) is 0.415. The van der Waals surface area contributed by atoms with Crippen molar-refractivity contribution in [3.8, 4) is 0 Å². The second-order valence-electron chi connectivity index (χ2n) is 8.36. The number of alkyl halides is 3. The Bertz CT molecular complexity index is 1240. The number of carbonyl (C=O) groups excluding carboxylic acids is 2. The molecule has 1 aliphatic rings. The van der Waals surface area contributed by atoms with Crippen molar-refractivity contribution in [2.24, 2.45) is 0 Å². The molecule has 0 saturated carbocycles. The van der Waals surface area contributed by atoms with Crippen molar-refractivity contribution in [1.29, 1.82) is 0 Å². The minimum atomic E-state index is -4.50. The molecule has 1 atom stereocenters. The number of nitrogens with zero attached hydrogens (tertiary/aromatic N) is 4. The van der Waals surface area contributed by atoms with E-state index in [1.807, 2.05) is 0 Å². The maximum absolute atomic E-state index is 13.7. The van der Waals surface area contributed by atoms with Crippen LogP contribution in [-0.4, -0.2) is 50.9 Å². The van der Waals surface area contributed by atoms with Gasteiger partial charge in [0.2, 0.25) is 5.91 Å². The smallest absolute Gasteiger partial charge is 0.352 e. The van der Waals surface area contributed by atoms with Crippen LogP contribution >= 0.6 is 0 Å². The SMILES string of the molecule is O=C(NCCCC(=O)N1CCCC(c2nnc3ccc(C(F)(F)F)cn23)C1)c1ccc(F)cc1F. The number of hydrogen-bond acceptors (Lipinski definition) is 4. The Kier molecular flexibility index (Phi) is 6.99. The topological polar surface area (TPSA) is 79.6 Å². The van der Waals surface area contributed by atoms with Gasteiger partial charge in [0, 0.05) is 44.2 Å². The summed E-state index contributed by atoms with van der Waals surface area (Å²) in [7, 11) is 0. The first kappa shape index (κ1) is 24.6. The highest BCUT2D eigenvalue weighted by atomic mass is 19.4. The Morgan fingerprint density at radius 1 is 1.11 bits per heavy atom. The fraction of sp³-hybridized carbons (Fsp3) is 0.391. The van der Waals surface area contributed by atoms with Gasteiger partial charge in [-0.05, 0) is 43.5 Å². The van der Waals surface area contributed by atoms with Crippen LogP contribution in [0.15, 0.2) is 36.5 Å². The van der Waals surface area contributed by atoms with Crippen LogP contribution in [-0.2, 0) is 11.0 Å². The molecule has 1 aliphatic heterocycles. The van der Waals surface area contributed by atoms with Crippen LogP contribution in [0.25, 0.3) is 5.65 Å². The highest BCUT2D eigenvalue weighted by Crippen LogP contribution is 2.31. The third kappa shape index (κ3) is 5.57. The van der Waals surface area contributed by atoms with E-state index in [0.717, 1.165) is 24.4 Å². The van der Waals surface area contributed by atoms with Crippen LogP contribution < -0.4 is 5.32 Å². The fourth-order valence-corrected chi connectivity index (χ4v) is 4.14. The lowest BCUT2D eigenvalue weighted by Crippen LogP contribution is -2.39. The number of aromatic nitrogens is 3. The van der Waals surface area contributed by atoms with Gasteiger partial charge < -0.3 is 10.2 Å². The number of pyridine rings is 1. The van der Waals surface area contributed by atoms with Crippen LogP contribution in [0.2, 0.25) is 0 Å². The molecule has 0 radical (unpaired) electrons.